The highest BCUT2D eigenvalue weighted by Crippen LogP contribution is 2.32. The van der Waals surface area contributed by atoms with Crippen LogP contribution < -0.4 is 14.8 Å². The highest BCUT2D eigenvalue weighted by atomic mass is 16.6. The fourth-order valence-electron chi connectivity index (χ4n) is 3.05. The van der Waals surface area contributed by atoms with Gasteiger partial charge in [-0.25, -0.2) is 0 Å². The van der Waals surface area contributed by atoms with Gasteiger partial charge in [0, 0.05) is 17.1 Å². The fraction of sp³-hybridized carbons (Fsp3) is 0.263. The Morgan fingerprint density at radius 2 is 1.92 bits per heavy atom. The van der Waals surface area contributed by atoms with Crippen molar-refractivity contribution in [3.05, 3.63) is 47.2 Å². The highest BCUT2D eigenvalue weighted by molar-refractivity contribution is 5.95. The van der Waals surface area contributed by atoms with Crippen LogP contribution in [-0.4, -0.2) is 24.3 Å². The Balaban J connectivity index is 1.53. The molecule has 4 rings (SSSR count). The van der Waals surface area contributed by atoms with Crippen LogP contribution >= 0.6 is 0 Å². The van der Waals surface area contributed by atoms with E-state index in [0.717, 1.165) is 22.1 Å². The topological polar surface area (TPSA) is 73.6 Å². The van der Waals surface area contributed by atoms with Gasteiger partial charge in [0.25, 0.3) is 0 Å². The van der Waals surface area contributed by atoms with Crippen molar-refractivity contribution >= 4 is 22.6 Å². The third-order valence-corrected chi connectivity index (χ3v) is 4.13. The quantitative estimate of drug-likeness (QED) is 0.792. The highest BCUT2D eigenvalue weighted by Gasteiger charge is 2.16. The molecule has 0 fully saturated rings. The van der Waals surface area contributed by atoms with Gasteiger partial charge in [-0.2, -0.15) is 0 Å². The summed E-state index contributed by atoms with van der Waals surface area (Å²) >= 11 is 0. The number of benzene rings is 2. The van der Waals surface area contributed by atoms with Crippen LogP contribution in [0.25, 0.3) is 11.0 Å². The second kappa shape index (κ2) is 6.12. The van der Waals surface area contributed by atoms with Crippen LogP contribution in [0.3, 0.4) is 0 Å². The predicted octanol–water partition coefficient (Wildman–Crippen LogP) is 3.40. The number of nitrogens with one attached hydrogen (secondary N) is 1. The lowest BCUT2D eigenvalue weighted by Crippen LogP contribution is -2.17. The van der Waals surface area contributed by atoms with Crippen molar-refractivity contribution in [2.45, 2.75) is 20.3 Å². The van der Waals surface area contributed by atoms with E-state index in [0.29, 0.717) is 36.1 Å². The summed E-state index contributed by atoms with van der Waals surface area (Å²) in [5.74, 6) is 1.17. The molecule has 2 aromatic carbocycles. The molecule has 0 saturated heterocycles. The van der Waals surface area contributed by atoms with Crippen LogP contribution in [0.2, 0.25) is 0 Å². The van der Waals surface area contributed by atoms with Crippen LogP contribution in [-0.2, 0) is 11.2 Å². The minimum absolute atomic E-state index is 0.143. The number of aryl methyl sites for hydroxylation is 2. The summed E-state index contributed by atoms with van der Waals surface area (Å²) in [7, 11) is 0. The molecular weight excluding hydrogens is 320 g/mol. The van der Waals surface area contributed by atoms with Gasteiger partial charge in [-0.05, 0) is 43.2 Å². The Morgan fingerprint density at radius 3 is 2.76 bits per heavy atom. The van der Waals surface area contributed by atoms with Gasteiger partial charge < -0.3 is 19.3 Å². The smallest absolute Gasteiger partial charge is 0.230 e. The molecule has 2 heterocycles. The van der Waals surface area contributed by atoms with Crippen molar-refractivity contribution in [3.8, 4) is 11.5 Å². The Morgan fingerprint density at radius 1 is 1.12 bits per heavy atom. The molecule has 0 bridgehead atoms. The number of rotatable bonds is 3. The molecule has 1 aliphatic heterocycles. The summed E-state index contributed by atoms with van der Waals surface area (Å²) in [6, 6.07) is 9.38. The van der Waals surface area contributed by atoms with Crippen LogP contribution in [0, 0.1) is 13.8 Å². The second-order valence-corrected chi connectivity index (χ2v) is 6.17. The predicted molar refractivity (Wildman–Crippen MR) is 93.2 cm³/mol. The van der Waals surface area contributed by atoms with E-state index in [4.69, 9.17) is 14.0 Å². The Kier molecular flexibility index (Phi) is 3.80. The van der Waals surface area contributed by atoms with Crippen LogP contribution in [0.1, 0.15) is 16.8 Å². The first-order valence-corrected chi connectivity index (χ1v) is 8.15. The Labute approximate surface area is 144 Å². The minimum atomic E-state index is -0.161. The molecular formula is C19H18N2O4. The van der Waals surface area contributed by atoms with Crippen LogP contribution in [0.4, 0.5) is 5.69 Å². The number of anilines is 1. The summed E-state index contributed by atoms with van der Waals surface area (Å²) in [4.78, 5) is 12.4. The monoisotopic (exact) mass is 338 g/mol. The Hall–Kier alpha value is -3.02. The molecule has 25 heavy (non-hydrogen) atoms. The van der Waals surface area contributed by atoms with Crippen LogP contribution in [0.15, 0.2) is 34.9 Å². The van der Waals surface area contributed by atoms with Gasteiger partial charge in [-0.1, -0.05) is 11.2 Å². The first-order chi connectivity index (χ1) is 12.1. The normalized spacial score (nSPS) is 13.0. The second-order valence-electron chi connectivity index (χ2n) is 6.17. The molecule has 0 saturated carbocycles. The number of carbonyl (C=O) groups is 1. The van der Waals surface area contributed by atoms with E-state index >= 15 is 0 Å². The van der Waals surface area contributed by atoms with E-state index < -0.39 is 0 Å². The number of hydrogen-bond donors (Lipinski definition) is 1. The fourth-order valence-corrected chi connectivity index (χ4v) is 3.05. The molecule has 0 unspecified atom stereocenters. The van der Waals surface area contributed by atoms with E-state index in [9.17, 15) is 4.79 Å². The van der Waals surface area contributed by atoms with E-state index in [-0.39, 0.29) is 12.3 Å². The number of hydrogen-bond acceptors (Lipinski definition) is 5. The van der Waals surface area contributed by atoms with Crippen molar-refractivity contribution in [2.24, 2.45) is 0 Å². The van der Waals surface area contributed by atoms with Crippen LogP contribution in [0.5, 0.6) is 11.5 Å². The van der Waals surface area contributed by atoms with E-state index in [1.807, 2.05) is 26.0 Å². The molecule has 1 aromatic heterocycles. The third-order valence-electron chi connectivity index (χ3n) is 4.13. The maximum absolute atomic E-state index is 12.4. The maximum Gasteiger partial charge on any atom is 0.230 e. The molecule has 0 radical (unpaired) electrons. The third kappa shape index (κ3) is 3.03. The molecule has 6 heteroatoms. The SMILES string of the molecule is Cc1cc(C)c2onc(CC(=O)Nc3ccc4c(c3)OCCO4)c2c1. The zero-order chi connectivity index (χ0) is 17.4. The number of aromatic nitrogens is 1. The largest absolute Gasteiger partial charge is 0.486 e. The molecule has 6 nitrogen and oxygen atoms in total. The van der Waals surface area contributed by atoms with Crippen molar-refractivity contribution in [3.63, 3.8) is 0 Å². The standard InChI is InChI=1S/C19H18N2O4/c1-11-7-12(2)19-14(8-11)15(21-25-19)10-18(22)20-13-3-4-16-17(9-13)24-6-5-23-16/h3-4,7-9H,5-6,10H2,1-2H3,(H,20,22). The number of ether oxygens (including phenoxy) is 2. The molecule has 1 amide bonds. The summed E-state index contributed by atoms with van der Waals surface area (Å²) in [5.41, 5.74) is 4.15. The first kappa shape index (κ1) is 15.5. The van der Waals surface area contributed by atoms with Crippen molar-refractivity contribution in [1.82, 2.24) is 5.16 Å². The lowest BCUT2D eigenvalue weighted by molar-refractivity contribution is -0.115. The van der Waals surface area contributed by atoms with Crippen molar-refractivity contribution in [2.75, 3.05) is 18.5 Å². The summed E-state index contributed by atoms with van der Waals surface area (Å²) in [6.07, 6.45) is 0.143. The minimum Gasteiger partial charge on any atom is -0.486 e. The summed E-state index contributed by atoms with van der Waals surface area (Å²) < 4.78 is 16.4. The lowest BCUT2D eigenvalue weighted by Gasteiger charge is -2.18. The first-order valence-electron chi connectivity index (χ1n) is 8.15. The molecule has 3 aromatic rings. The van der Waals surface area contributed by atoms with E-state index in [2.05, 4.69) is 10.5 Å². The number of nitrogens with zero attached hydrogens (tertiary/aromatic N) is 1. The Bertz CT molecular complexity index is 961. The van der Waals surface area contributed by atoms with Crippen molar-refractivity contribution in [1.29, 1.82) is 0 Å². The zero-order valence-corrected chi connectivity index (χ0v) is 14.1. The van der Waals surface area contributed by atoms with Gasteiger partial charge in [-0.15, -0.1) is 0 Å². The number of fused-ring (bicyclic) bond motifs is 2. The maximum atomic E-state index is 12.4. The molecule has 0 spiro atoms. The summed E-state index contributed by atoms with van der Waals surface area (Å²) in [5, 5.41) is 7.82. The van der Waals surface area contributed by atoms with Gasteiger partial charge in [0.05, 0.1) is 6.42 Å². The average molecular weight is 338 g/mol. The number of carbonyl (C=O) groups excluding carboxylic acids is 1. The van der Waals surface area contributed by atoms with Gasteiger partial charge in [0.2, 0.25) is 5.91 Å². The number of amides is 1. The van der Waals surface area contributed by atoms with E-state index in [1.165, 1.54) is 0 Å². The molecule has 1 aliphatic rings. The average Bonchev–Trinajstić information content (AvgIpc) is 2.97. The lowest BCUT2D eigenvalue weighted by atomic mass is 10.1. The molecule has 0 atom stereocenters. The van der Waals surface area contributed by atoms with Gasteiger partial charge in [0.1, 0.15) is 18.9 Å². The van der Waals surface area contributed by atoms with Gasteiger partial charge in [0.15, 0.2) is 17.1 Å². The van der Waals surface area contributed by atoms with Crippen molar-refractivity contribution < 1.29 is 18.8 Å². The molecule has 1 N–H and O–H groups in total. The zero-order valence-electron chi connectivity index (χ0n) is 14.1. The van der Waals surface area contributed by atoms with Gasteiger partial charge in [-0.3, -0.25) is 4.79 Å². The summed E-state index contributed by atoms with van der Waals surface area (Å²) in [6.45, 7) is 5.03. The van der Waals surface area contributed by atoms with Gasteiger partial charge >= 0.3 is 0 Å². The van der Waals surface area contributed by atoms with E-state index in [1.54, 1.807) is 18.2 Å². The molecule has 128 valence electrons. The molecule has 0 aliphatic carbocycles.